The number of urea groups is 1. The monoisotopic (exact) mass is 319 g/mol. The largest absolute Gasteiger partial charge is 0.338 e. The van der Waals surface area contributed by atoms with Gasteiger partial charge in [-0.3, -0.25) is 24.9 Å². The maximum Gasteiger partial charge on any atom is 0.321 e. The highest BCUT2D eigenvalue weighted by Crippen LogP contribution is 2.06. The van der Waals surface area contributed by atoms with Gasteiger partial charge in [-0.15, -0.1) is 0 Å². The van der Waals surface area contributed by atoms with Crippen LogP contribution in [0.25, 0.3) is 0 Å². The summed E-state index contributed by atoms with van der Waals surface area (Å²) >= 11 is 0. The fourth-order valence-corrected chi connectivity index (χ4v) is 2.48. The maximum absolute atomic E-state index is 11.8. The fourth-order valence-electron chi connectivity index (χ4n) is 2.48. The van der Waals surface area contributed by atoms with Crippen molar-refractivity contribution in [3.8, 4) is 0 Å². The number of pyridine rings is 1. The average molecular weight is 319 g/mol. The number of hydrogen-bond acceptors (Lipinski definition) is 5. The van der Waals surface area contributed by atoms with Crippen molar-refractivity contribution in [2.45, 2.75) is 19.9 Å². The topological polar surface area (TPSA) is 77.6 Å². The van der Waals surface area contributed by atoms with Gasteiger partial charge in [-0.25, -0.2) is 4.79 Å². The van der Waals surface area contributed by atoms with Gasteiger partial charge in [-0.05, 0) is 18.6 Å². The molecule has 3 amide bonds. The number of nitrogens with one attached hydrogen (secondary N) is 2. The Bertz CT molecular complexity index is 500. The van der Waals surface area contributed by atoms with Gasteiger partial charge in [0.2, 0.25) is 5.91 Å². The van der Waals surface area contributed by atoms with Crippen LogP contribution in [0.3, 0.4) is 0 Å². The molecule has 0 radical (unpaired) electrons. The number of piperazine rings is 1. The Labute approximate surface area is 137 Å². The van der Waals surface area contributed by atoms with E-state index < -0.39 is 6.03 Å². The zero-order chi connectivity index (χ0) is 16.5. The van der Waals surface area contributed by atoms with E-state index in [-0.39, 0.29) is 12.5 Å². The van der Waals surface area contributed by atoms with Crippen LogP contribution in [0.1, 0.15) is 19.0 Å². The molecule has 23 heavy (non-hydrogen) atoms. The molecule has 7 heteroatoms. The quantitative estimate of drug-likeness (QED) is 0.795. The van der Waals surface area contributed by atoms with Crippen LogP contribution < -0.4 is 10.6 Å². The molecule has 1 saturated heterocycles. The zero-order valence-corrected chi connectivity index (χ0v) is 13.6. The van der Waals surface area contributed by atoms with Gasteiger partial charge in [-0.1, -0.05) is 13.0 Å². The first kappa shape index (κ1) is 17.4. The van der Waals surface area contributed by atoms with Crippen LogP contribution >= 0.6 is 0 Å². The molecule has 1 aromatic heterocycles. The maximum atomic E-state index is 11.8. The van der Waals surface area contributed by atoms with E-state index in [0.29, 0.717) is 6.54 Å². The Morgan fingerprint density at radius 1 is 1.17 bits per heavy atom. The van der Waals surface area contributed by atoms with Crippen molar-refractivity contribution < 1.29 is 9.59 Å². The van der Waals surface area contributed by atoms with Crippen LogP contribution in [0.2, 0.25) is 0 Å². The lowest BCUT2D eigenvalue weighted by Crippen LogP contribution is -2.50. The second-order valence-corrected chi connectivity index (χ2v) is 5.68. The van der Waals surface area contributed by atoms with Gasteiger partial charge in [0, 0.05) is 45.5 Å². The number of amides is 3. The first-order chi connectivity index (χ1) is 11.2. The molecule has 2 rings (SSSR count). The number of hydrogen-bond donors (Lipinski definition) is 2. The fraction of sp³-hybridized carbons (Fsp3) is 0.562. The SMILES string of the molecule is CCCNC(=O)NC(=O)CN1CCN(Cc2ccccn2)CC1. The van der Waals surface area contributed by atoms with E-state index in [1.54, 1.807) is 6.20 Å². The summed E-state index contributed by atoms with van der Waals surface area (Å²) in [7, 11) is 0. The molecule has 1 fully saturated rings. The molecule has 0 atom stereocenters. The predicted molar refractivity (Wildman–Crippen MR) is 87.8 cm³/mol. The number of nitrogens with zero attached hydrogens (tertiary/aromatic N) is 3. The number of carbonyl (C=O) groups excluding carboxylic acids is 2. The van der Waals surface area contributed by atoms with E-state index in [1.807, 2.05) is 25.1 Å². The van der Waals surface area contributed by atoms with Gasteiger partial charge in [0.15, 0.2) is 0 Å². The summed E-state index contributed by atoms with van der Waals surface area (Å²) in [5.41, 5.74) is 1.06. The molecule has 0 aromatic carbocycles. The molecule has 1 aliphatic rings. The van der Waals surface area contributed by atoms with Crippen molar-refractivity contribution in [2.24, 2.45) is 0 Å². The molecule has 2 N–H and O–H groups in total. The van der Waals surface area contributed by atoms with Crippen molar-refractivity contribution >= 4 is 11.9 Å². The summed E-state index contributed by atoms with van der Waals surface area (Å²) in [5.74, 6) is -0.253. The van der Waals surface area contributed by atoms with Gasteiger partial charge in [-0.2, -0.15) is 0 Å². The van der Waals surface area contributed by atoms with Crippen LogP contribution in [0.5, 0.6) is 0 Å². The molecule has 0 bridgehead atoms. The molecular weight excluding hydrogens is 294 g/mol. The molecule has 126 valence electrons. The second-order valence-electron chi connectivity index (χ2n) is 5.68. The summed E-state index contributed by atoms with van der Waals surface area (Å²) in [6, 6.07) is 5.52. The molecule has 0 aliphatic carbocycles. The van der Waals surface area contributed by atoms with Crippen molar-refractivity contribution in [3.05, 3.63) is 30.1 Å². The van der Waals surface area contributed by atoms with Gasteiger partial charge in [0.05, 0.1) is 12.2 Å². The molecular formula is C16H25N5O2. The van der Waals surface area contributed by atoms with Crippen molar-refractivity contribution in [2.75, 3.05) is 39.3 Å². The lowest BCUT2D eigenvalue weighted by Gasteiger charge is -2.33. The summed E-state index contributed by atoms with van der Waals surface area (Å²) in [5, 5.41) is 4.99. The molecule has 1 aliphatic heterocycles. The number of aromatic nitrogens is 1. The van der Waals surface area contributed by atoms with Gasteiger partial charge >= 0.3 is 6.03 Å². The summed E-state index contributed by atoms with van der Waals surface area (Å²) in [6.45, 7) is 7.06. The Morgan fingerprint density at radius 3 is 2.57 bits per heavy atom. The van der Waals surface area contributed by atoms with Crippen LogP contribution in [0.4, 0.5) is 4.79 Å². The smallest absolute Gasteiger partial charge is 0.321 e. The van der Waals surface area contributed by atoms with E-state index in [4.69, 9.17) is 0 Å². The number of rotatable bonds is 6. The third kappa shape index (κ3) is 6.33. The highest BCUT2D eigenvalue weighted by molar-refractivity contribution is 5.95. The van der Waals surface area contributed by atoms with Gasteiger partial charge in [0.1, 0.15) is 0 Å². The normalized spacial score (nSPS) is 16.0. The van der Waals surface area contributed by atoms with Gasteiger partial charge in [0.25, 0.3) is 0 Å². The Hall–Kier alpha value is -1.99. The van der Waals surface area contributed by atoms with E-state index in [0.717, 1.165) is 44.8 Å². The minimum Gasteiger partial charge on any atom is -0.338 e. The second kappa shape index (κ2) is 9.22. The van der Waals surface area contributed by atoms with Crippen LogP contribution in [0.15, 0.2) is 24.4 Å². The number of imide groups is 1. The van der Waals surface area contributed by atoms with Crippen LogP contribution in [0, 0.1) is 0 Å². The van der Waals surface area contributed by atoms with E-state index in [2.05, 4.69) is 25.4 Å². The molecule has 7 nitrogen and oxygen atoms in total. The van der Waals surface area contributed by atoms with Gasteiger partial charge < -0.3 is 5.32 Å². The van der Waals surface area contributed by atoms with Crippen LogP contribution in [-0.4, -0.2) is 66.0 Å². The van der Waals surface area contributed by atoms with Crippen molar-refractivity contribution in [1.29, 1.82) is 0 Å². The summed E-state index contributed by atoms with van der Waals surface area (Å²) in [6.07, 6.45) is 2.65. The lowest BCUT2D eigenvalue weighted by atomic mass is 10.2. The Kier molecular flexibility index (Phi) is 6.96. The molecule has 2 heterocycles. The summed E-state index contributed by atoms with van der Waals surface area (Å²) in [4.78, 5) is 32.0. The summed E-state index contributed by atoms with van der Waals surface area (Å²) < 4.78 is 0. The van der Waals surface area contributed by atoms with Crippen molar-refractivity contribution in [3.63, 3.8) is 0 Å². The standard InChI is InChI=1S/C16H25N5O2/c1-2-6-18-16(23)19-15(22)13-21-10-8-20(9-11-21)12-14-5-3-4-7-17-14/h3-5,7H,2,6,8-13H2,1H3,(H2,18,19,22,23). The highest BCUT2D eigenvalue weighted by atomic mass is 16.2. The molecule has 0 saturated carbocycles. The van der Waals surface area contributed by atoms with E-state index in [1.165, 1.54) is 0 Å². The minimum absolute atomic E-state index is 0.253. The molecule has 0 spiro atoms. The minimum atomic E-state index is -0.411. The lowest BCUT2D eigenvalue weighted by molar-refractivity contribution is -0.121. The molecule has 1 aromatic rings. The third-order valence-corrected chi connectivity index (χ3v) is 3.73. The van der Waals surface area contributed by atoms with Crippen LogP contribution in [-0.2, 0) is 11.3 Å². The molecule has 0 unspecified atom stereocenters. The Balaban J connectivity index is 1.66. The Morgan fingerprint density at radius 2 is 1.91 bits per heavy atom. The predicted octanol–water partition coefficient (Wildman–Crippen LogP) is 0.435. The third-order valence-electron chi connectivity index (χ3n) is 3.73. The zero-order valence-electron chi connectivity index (χ0n) is 13.6. The van der Waals surface area contributed by atoms with E-state index >= 15 is 0 Å². The number of carbonyl (C=O) groups is 2. The van der Waals surface area contributed by atoms with E-state index in [9.17, 15) is 9.59 Å². The van der Waals surface area contributed by atoms with Crippen molar-refractivity contribution in [1.82, 2.24) is 25.4 Å². The first-order valence-corrected chi connectivity index (χ1v) is 8.09. The first-order valence-electron chi connectivity index (χ1n) is 8.09. The highest BCUT2D eigenvalue weighted by Gasteiger charge is 2.19. The average Bonchev–Trinajstić information content (AvgIpc) is 2.55.